The highest BCUT2D eigenvalue weighted by molar-refractivity contribution is 9.10. The molecule has 0 bridgehead atoms. The van der Waals surface area contributed by atoms with E-state index in [9.17, 15) is 4.79 Å². The summed E-state index contributed by atoms with van der Waals surface area (Å²) in [4.78, 5) is 17.0. The predicted molar refractivity (Wildman–Crippen MR) is 140 cm³/mol. The molecule has 0 spiro atoms. The molecule has 1 amide bonds. The van der Waals surface area contributed by atoms with Crippen molar-refractivity contribution < 1.29 is 9.53 Å². The summed E-state index contributed by atoms with van der Waals surface area (Å²) >= 11 is 5.10. The van der Waals surface area contributed by atoms with E-state index in [0.717, 1.165) is 38.5 Å². The van der Waals surface area contributed by atoms with E-state index >= 15 is 0 Å². The Kier molecular flexibility index (Phi) is 10.1. The molecule has 1 N–H and O–H groups in total. The van der Waals surface area contributed by atoms with Gasteiger partial charge in [0.05, 0.1) is 23.5 Å². The van der Waals surface area contributed by atoms with Crippen LogP contribution in [0.25, 0.3) is 11.3 Å². The van der Waals surface area contributed by atoms with E-state index in [1.807, 2.05) is 42.6 Å². The minimum Gasteiger partial charge on any atom is -0.493 e. The number of thiazole rings is 1. The molecule has 2 aromatic carbocycles. The number of carbonyl (C=O) groups excluding carboxylic acids is 1. The lowest BCUT2D eigenvalue weighted by molar-refractivity contribution is 0.0955. The lowest BCUT2D eigenvalue weighted by atomic mass is 10.1. The Morgan fingerprint density at radius 2 is 1.88 bits per heavy atom. The molecule has 3 rings (SSSR count). The number of nitrogens with zero attached hydrogens (tertiary/aromatic N) is 2. The van der Waals surface area contributed by atoms with Crippen LogP contribution in [0.5, 0.6) is 5.75 Å². The van der Waals surface area contributed by atoms with Crippen molar-refractivity contribution in [3.05, 3.63) is 68.5 Å². The smallest absolute Gasteiger partial charge is 0.271 e. The molecule has 7 heteroatoms. The molecule has 0 saturated carbocycles. The van der Waals surface area contributed by atoms with Gasteiger partial charge in [-0.2, -0.15) is 5.10 Å². The fourth-order valence-electron chi connectivity index (χ4n) is 3.33. The van der Waals surface area contributed by atoms with Crippen LogP contribution < -0.4 is 10.2 Å². The van der Waals surface area contributed by atoms with E-state index in [4.69, 9.17) is 4.74 Å². The highest BCUT2D eigenvalue weighted by Gasteiger charge is 2.07. The highest BCUT2D eigenvalue weighted by Crippen LogP contribution is 2.23. The number of unbranched alkanes of at least 4 members (excludes halogenated alkanes) is 5. The van der Waals surface area contributed by atoms with Crippen LogP contribution >= 0.6 is 27.3 Å². The normalized spacial score (nSPS) is 11.1. The number of hydrogen-bond acceptors (Lipinski definition) is 5. The summed E-state index contributed by atoms with van der Waals surface area (Å²) in [5, 5.41) is 7.18. The van der Waals surface area contributed by atoms with Crippen molar-refractivity contribution in [3.8, 4) is 17.0 Å². The van der Waals surface area contributed by atoms with Crippen molar-refractivity contribution in [2.45, 2.75) is 52.4 Å². The zero-order valence-corrected chi connectivity index (χ0v) is 21.5. The number of ether oxygens (including phenoxy) is 1. The van der Waals surface area contributed by atoms with E-state index in [0.29, 0.717) is 12.2 Å². The maximum Gasteiger partial charge on any atom is 0.271 e. The Labute approximate surface area is 208 Å². The number of hydrogen-bond donors (Lipinski definition) is 1. The number of carbonyl (C=O) groups is 1. The number of amides is 1. The van der Waals surface area contributed by atoms with E-state index in [2.05, 4.69) is 38.4 Å². The summed E-state index contributed by atoms with van der Waals surface area (Å²) in [6.45, 7) is 4.87. The molecule has 33 heavy (non-hydrogen) atoms. The van der Waals surface area contributed by atoms with E-state index in [-0.39, 0.29) is 5.91 Å². The number of nitrogens with one attached hydrogen (secondary N) is 1. The minimum atomic E-state index is -0.267. The molecular formula is C26H30BrN3O2S. The topological polar surface area (TPSA) is 63.6 Å². The molecule has 174 valence electrons. The number of hydrazone groups is 1. The van der Waals surface area contributed by atoms with Crippen LogP contribution in [-0.4, -0.2) is 23.7 Å². The first-order valence-corrected chi connectivity index (χ1v) is 13.0. The van der Waals surface area contributed by atoms with Gasteiger partial charge in [-0.1, -0.05) is 67.1 Å². The molecule has 1 heterocycles. The third-order valence-corrected chi connectivity index (χ3v) is 6.43. The van der Waals surface area contributed by atoms with Crippen molar-refractivity contribution in [3.63, 3.8) is 0 Å². The van der Waals surface area contributed by atoms with E-state index in [1.165, 1.54) is 32.1 Å². The number of rotatable bonds is 12. The summed E-state index contributed by atoms with van der Waals surface area (Å²) in [6, 6.07) is 13.1. The Morgan fingerprint density at radius 1 is 1.12 bits per heavy atom. The van der Waals surface area contributed by atoms with Gasteiger partial charge in [0.15, 0.2) is 0 Å². The van der Waals surface area contributed by atoms with Gasteiger partial charge in [-0.3, -0.25) is 4.79 Å². The number of halogens is 1. The maximum atomic E-state index is 12.5. The molecule has 0 atom stereocenters. The van der Waals surface area contributed by atoms with Gasteiger partial charge in [0.2, 0.25) is 0 Å². The van der Waals surface area contributed by atoms with Crippen LogP contribution in [0.3, 0.4) is 0 Å². The summed E-state index contributed by atoms with van der Waals surface area (Å²) in [7, 11) is 0. The van der Waals surface area contributed by atoms with Crippen LogP contribution in [0.1, 0.15) is 66.4 Å². The zero-order chi connectivity index (χ0) is 23.5. The molecule has 0 aliphatic rings. The van der Waals surface area contributed by atoms with Crippen molar-refractivity contribution in [1.29, 1.82) is 0 Å². The van der Waals surface area contributed by atoms with Crippen LogP contribution in [0, 0.1) is 6.92 Å². The zero-order valence-electron chi connectivity index (χ0n) is 19.1. The first-order chi connectivity index (χ1) is 16.1. The fourth-order valence-corrected chi connectivity index (χ4v) is 4.33. The van der Waals surface area contributed by atoms with Crippen molar-refractivity contribution in [2.24, 2.45) is 5.10 Å². The second-order valence-corrected chi connectivity index (χ2v) is 9.80. The summed E-state index contributed by atoms with van der Waals surface area (Å²) in [5.41, 5.74) is 5.86. The van der Waals surface area contributed by atoms with Gasteiger partial charge in [-0.25, -0.2) is 10.4 Å². The Hall–Kier alpha value is -2.51. The Morgan fingerprint density at radius 3 is 2.61 bits per heavy atom. The van der Waals surface area contributed by atoms with Gasteiger partial charge in [0, 0.05) is 26.5 Å². The molecule has 0 radical (unpaired) electrons. The second-order valence-electron chi connectivity index (χ2n) is 7.83. The van der Waals surface area contributed by atoms with Crippen molar-refractivity contribution >= 4 is 39.4 Å². The fraction of sp³-hybridized carbons (Fsp3) is 0.346. The average molecular weight is 529 g/mol. The van der Waals surface area contributed by atoms with Crippen LogP contribution in [0.4, 0.5) is 0 Å². The molecular weight excluding hydrogens is 498 g/mol. The van der Waals surface area contributed by atoms with Gasteiger partial charge >= 0.3 is 0 Å². The quantitative estimate of drug-likeness (QED) is 0.152. The van der Waals surface area contributed by atoms with E-state index in [1.54, 1.807) is 29.7 Å². The Bertz CT molecular complexity index is 1060. The van der Waals surface area contributed by atoms with Gasteiger partial charge in [-0.05, 0) is 43.7 Å². The maximum absolute atomic E-state index is 12.5. The summed E-state index contributed by atoms with van der Waals surface area (Å²) < 4.78 is 6.89. The minimum absolute atomic E-state index is 0.267. The summed E-state index contributed by atoms with van der Waals surface area (Å²) in [6.07, 6.45) is 8.93. The second kappa shape index (κ2) is 13.3. The molecule has 0 unspecified atom stereocenters. The molecule has 0 fully saturated rings. The lowest BCUT2D eigenvalue weighted by Crippen LogP contribution is -2.17. The molecule has 1 aromatic heterocycles. The molecule has 5 nitrogen and oxygen atoms in total. The SMILES string of the molecule is CCCCCCCCOc1ccc(Br)cc1/C=N/NC(=O)c1ccc(-c2csc(C)n2)cc1. The molecule has 3 aromatic rings. The predicted octanol–water partition coefficient (Wildman–Crippen LogP) is 7.38. The number of benzene rings is 2. The van der Waals surface area contributed by atoms with Gasteiger partial charge < -0.3 is 4.74 Å². The average Bonchev–Trinajstić information content (AvgIpc) is 3.26. The Balaban J connectivity index is 1.53. The van der Waals surface area contributed by atoms with Crippen LogP contribution in [-0.2, 0) is 0 Å². The number of aromatic nitrogens is 1. The monoisotopic (exact) mass is 527 g/mol. The van der Waals surface area contributed by atoms with Crippen LogP contribution in [0.2, 0.25) is 0 Å². The van der Waals surface area contributed by atoms with Crippen molar-refractivity contribution in [1.82, 2.24) is 10.4 Å². The van der Waals surface area contributed by atoms with Gasteiger partial charge in [-0.15, -0.1) is 11.3 Å². The van der Waals surface area contributed by atoms with Gasteiger partial charge in [0.1, 0.15) is 5.75 Å². The molecule has 0 aliphatic heterocycles. The molecule has 0 aliphatic carbocycles. The first kappa shape index (κ1) is 25.1. The first-order valence-electron chi connectivity index (χ1n) is 11.3. The lowest BCUT2D eigenvalue weighted by Gasteiger charge is -2.09. The third-order valence-electron chi connectivity index (χ3n) is 5.16. The summed E-state index contributed by atoms with van der Waals surface area (Å²) in [5.74, 6) is 0.490. The number of aryl methyl sites for hydroxylation is 1. The standard InChI is InChI=1S/C26H30BrN3O2S/c1-3-4-5-6-7-8-15-32-25-14-13-23(27)16-22(25)17-28-30-26(31)21-11-9-20(10-12-21)24-18-33-19(2)29-24/h9-14,16-18H,3-8,15H2,1-2H3,(H,30,31)/b28-17+. The van der Waals surface area contributed by atoms with E-state index < -0.39 is 0 Å². The largest absolute Gasteiger partial charge is 0.493 e. The van der Waals surface area contributed by atoms with Crippen molar-refractivity contribution in [2.75, 3.05) is 6.61 Å². The highest BCUT2D eigenvalue weighted by atomic mass is 79.9. The van der Waals surface area contributed by atoms with Gasteiger partial charge in [0.25, 0.3) is 5.91 Å². The molecule has 0 saturated heterocycles. The van der Waals surface area contributed by atoms with Crippen LogP contribution in [0.15, 0.2) is 57.4 Å². The third kappa shape index (κ3) is 8.09.